The molecule has 2 aromatic carbocycles. The number of hydrogen-bond acceptors (Lipinski definition) is 5. The van der Waals surface area contributed by atoms with Gasteiger partial charge in [0.2, 0.25) is 5.78 Å². The number of allylic oxidation sites excluding steroid dienone is 2. The predicted molar refractivity (Wildman–Crippen MR) is 146 cm³/mol. The molecule has 0 aliphatic carbocycles. The molecule has 0 radical (unpaired) electrons. The summed E-state index contributed by atoms with van der Waals surface area (Å²) in [7, 11) is 0. The van der Waals surface area contributed by atoms with Crippen LogP contribution in [0, 0.1) is 0 Å². The van der Waals surface area contributed by atoms with Crippen LogP contribution >= 0.6 is 0 Å². The average Bonchev–Trinajstić information content (AvgIpc) is 3.70. The molecule has 0 spiro atoms. The van der Waals surface area contributed by atoms with Crippen LogP contribution in [0.15, 0.2) is 78.4 Å². The minimum atomic E-state index is -0.959. The zero-order valence-electron chi connectivity index (χ0n) is 21.0. The van der Waals surface area contributed by atoms with Gasteiger partial charge in [0, 0.05) is 40.6 Å². The van der Waals surface area contributed by atoms with Crippen molar-refractivity contribution in [1.82, 2.24) is 9.13 Å². The summed E-state index contributed by atoms with van der Waals surface area (Å²) in [5, 5.41) is 24.8. The van der Waals surface area contributed by atoms with Gasteiger partial charge in [-0.1, -0.05) is 0 Å². The maximum atomic E-state index is 13.4. The van der Waals surface area contributed by atoms with Gasteiger partial charge in [-0.25, -0.2) is 9.59 Å². The van der Waals surface area contributed by atoms with Crippen LogP contribution in [0.1, 0.15) is 54.7 Å². The summed E-state index contributed by atoms with van der Waals surface area (Å²) in [5.41, 5.74) is 7.91. The molecular formula is C30H26N4O5. The van der Waals surface area contributed by atoms with Crippen molar-refractivity contribution in [3.05, 3.63) is 112 Å². The zero-order chi connectivity index (χ0) is 27.1. The number of ketones is 1. The first-order valence-electron chi connectivity index (χ1n) is 12.7. The van der Waals surface area contributed by atoms with Crippen LogP contribution in [-0.2, 0) is 26.2 Å². The highest BCUT2D eigenvalue weighted by Crippen LogP contribution is 2.37. The zero-order valence-corrected chi connectivity index (χ0v) is 21.0. The summed E-state index contributed by atoms with van der Waals surface area (Å²) >= 11 is 0. The van der Waals surface area contributed by atoms with E-state index in [1.807, 2.05) is 12.1 Å². The number of hydrogen-bond donors (Lipinski definition) is 4. The summed E-state index contributed by atoms with van der Waals surface area (Å²) in [6.45, 7) is 2.44. The van der Waals surface area contributed by atoms with Crippen LogP contribution < -0.4 is 10.6 Å². The Hall–Kier alpha value is -5.05. The van der Waals surface area contributed by atoms with Gasteiger partial charge in [-0.15, -0.1) is 0 Å². The highest BCUT2D eigenvalue weighted by Gasteiger charge is 2.32. The van der Waals surface area contributed by atoms with Crippen molar-refractivity contribution in [2.75, 3.05) is 10.6 Å². The lowest BCUT2D eigenvalue weighted by Crippen LogP contribution is -2.07. The molecule has 4 aromatic rings. The maximum absolute atomic E-state index is 13.4. The molecule has 4 heterocycles. The van der Waals surface area contributed by atoms with E-state index in [2.05, 4.69) is 31.9 Å². The number of aromatic carboxylic acids is 2. The molecule has 4 N–H and O–H groups in total. The quantitative estimate of drug-likeness (QED) is 0.241. The number of carbonyl (C=O) groups is 3. The number of aromatic nitrogens is 2. The van der Waals surface area contributed by atoms with Gasteiger partial charge in [0.15, 0.2) is 0 Å². The van der Waals surface area contributed by atoms with E-state index in [1.165, 1.54) is 0 Å². The van der Waals surface area contributed by atoms with Crippen molar-refractivity contribution >= 4 is 34.7 Å². The number of anilines is 2. The minimum absolute atomic E-state index is 0.0647. The molecule has 2 aliphatic heterocycles. The SMILES string of the molecule is O=C(O)c1ccc(NCc2ccc3n2CC(=C2CCn4c(CNc5ccc(C(=O)O)cc5)ccc42)C3=O)cc1. The van der Waals surface area contributed by atoms with Crippen molar-refractivity contribution in [2.45, 2.75) is 32.6 Å². The first-order valence-corrected chi connectivity index (χ1v) is 12.7. The fourth-order valence-corrected chi connectivity index (χ4v) is 5.36. The Bertz CT molecular complexity index is 1640. The van der Waals surface area contributed by atoms with Crippen LogP contribution in [0.2, 0.25) is 0 Å². The van der Waals surface area contributed by atoms with E-state index in [-0.39, 0.29) is 16.9 Å². The monoisotopic (exact) mass is 522 g/mol. The molecular weight excluding hydrogens is 496 g/mol. The van der Waals surface area contributed by atoms with Gasteiger partial charge in [0.1, 0.15) is 0 Å². The van der Waals surface area contributed by atoms with E-state index < -0.39 is 11.9 Å². The molecule has 6 rings (SSSR count). The number of carboxylic acids is 2. The lowest BCUT2D eigenvalue weighted by molar-refractivity contribution is 0.0686. The van der Waals surface area contributed by atoms with Gasteiger partial charge >= 0.3 is 11.9 Å². The van der Waals surface area contributed by atoms with E-state index in [4.69, 9.17) is 10.2 Å². The summed E-state index contributed by atoms with van der Waals surface area (Å²) < 4.78 is 4.29. The third kappa shape index (κ3) is 4.48. The number of Topliss-reactive ketones (excluding diaryl/α,β-unsaturated/α-hetero) is 1. The van der Waals surface area contributed by atoms with Crippen LogP contribution in [0.4, 0.5) is 11.4 Å². The van der Waals surface area contributed by atoms with Crippen LogP contribution in [0.3, 0.4) is 0 Å². The summed E-state index contributed by atoms with van der Waals surface area (Å²) in [6.07, 6.45) is 0.798. The van der Waals surface area contributed by atoms with Crippen molar-refractivity contribution in [3.8, 4) is 0 Å². The lowest BCUT2D eigenvalue weighted by Gasteiger charge is -2.10. The second-order valence-corrected chi connectivity index (χ2v) is 9.67. The number of rotatable bonds is 8. The Morgan fingerprint density at radius 1 is 0.667 bits per heavy atom. The number of nitrogens with one attached hydrogen (secondary N) is 2. The van der Waals surface area contributed by atoms with Gasteiger partial charge in [-0.05, 0) is 84.8 Å². The van der Waals surface area contributed by atoms with E-state index in [0.717, 1.165) is 52.6 Å². The summed E-state index contributed by atoms with van der Waals surface area (Å²) in [5.74, 6) is -1.84. The maximum Gasteiger partial charge on any atom is 0.335 e. The van der Waals surface area contributed by atoms with E-state index in [0.29, 0.717) is 25.3 Å². The predicted octanol–water partition coefficient (Wildman–Crippen LogP) is 4.96. The van der Waals surface area contributed by atoms with Crippen molar-refractivity contribution in [1.29, 1.82) is 0 Å². The fraction of sp³-hybridized carbons (Fsp3) is 0.167. The Morgan fingerprint density at radius 3 is 1.72 bits per heavy atom. The van der Waals surface area contributed by atoms with E-state index >= 15 is 0 Å². The highest BCUT2D eigenvalue weighted by molar-refractivity contribution is 6.14. The van der Waals surface area contributed by atoms with E-state index in [9.17, 15) is 14.4 Å². The molecule has 9 heteroatoms. The Balaban J connectivity index is 1.16. The summed E-state index contributed by atoms with van der Waals surface area (Å²) in [4.78, 5) is 35.5. The summed E-state index contributed by atoms with van der Waals surface area (Å²) in [6, 6.07) is 21.2. The normalized spacial score (nSPS) is 15.7. The van der Waals surface area contributed by atoms with Crippen LogP contribution in [-0.4, -0.2) is 37.1 Å². The Morgan fingerprint density at radius 2 is 1.18 bits per heavy atom. The second-order valence-electron chi connectivity index (χ2n) is 9.67. The largest absolute Gasteiger partial charge is 0.478 e. The molecule has 0 amide bonds. The number of benzene rings is 2. The van der Waals surface area contributed by atoms with Crippen molar-refractivity contribution in [2.24, 2.45) is 0 Å². The number of carboxylic acid groups (broad SMARTS) is 2. The Kier molecular flexibility index (Phi) is 6.03. The molecule has 0 saturated heterocycles. The molecule has 0 bridgehead atoms. The minimum Gasteiger partial charge on any atom is -0.478 e. The molecule has 0 atom stereocenters. The molecule has 0 fully saturated rings. The number of nitrogens with zero attached hydrogens (tertiary/aromatic N) is 2. The van der Waals surface area contributed by atoms with Gasteiger partial charge in [0.25, 0.3) is 0 Å². The van der Waals surface area contributed by atoms with Crippen molar-refractivity contribution in [3.63, 3.8) is 0 Å². The van der Waals surface area contributed by atoms with Gasteiger partial charge in [0.05, 0.1) is 36.5 Å². The fourth-order valence-electron chi connectivity index (χ4n) is 5.36. The molecule has 0 saturated carbocycles. The molecule has 0 unspecified atom stereocenters. The Labute approximate surface area is 224 Å². The van der Waals surface area contributed by atoms with Crippen molar-refractivity contribution < 1.29 is 24.6 Å². The van der Waals surface area contributed by atoms with Gasteiger partial charge < -0.3 is 30.0 Å². The molecule has 39 heavy (non-hydrogen) atoms. The lowest BCUT2D eigenvalue weighted by atomic mass is 10.0. The van der Waals surface area contributed by atoms with Gasteiger partial charge in [-0.3, -0.25) is 4.79 Å². The van der Waals surface area contributed by atoms with Gasteiger partial charge in [-0.2, -0.15) is 0 Å². The van der Waals surface area contributed by atoms with Crippen LogP contribution in [0.25, 0.3) is 5.57 Å². The first kappa shape index (κ1) is 24.3. The molecule has 2 aromatic heterocycles. The number of fused-ring (bicyclic) bond motifs is 2. The second kappa shape index (κ2) is 9.68. The molecule has 2 aliphatic rings. The average molecular weight is 523 g/mol. The molecule has 196 valence electrons. The molecule has 9 nitrogen and oxygen atoms in total. The van der Waals surface area contributed by atoms with E-state index in [1.54, 1.807) is 48.5 Å². The first-order chi connectivity index (χ1) is 18.9. The topological polar surface area (TPSA) is 126 Å². The standard InChI is InChI=1S/C30H26N4O5/c35-28-25(17-34-23(10-12-27(28)34)16-32-21-7-3-19(4-8-21)30(38)39)24-13-14-33-22(9-11-26(24)33)15-31-20-5-1-18(2-6-20)29(36)37/h1-12,31-32H,13-17H2,(H,36,37)(H,38,39). The third-order valence-electron chi connectivity index (χ3n) is 7.43. The van der Waals surface area contributed by atoms with Crippen LogP contribution in [0.5, 0.6) is 0 Å². The third-order valence-corrected chi connectivity index (χ3v) is 7.43. The smallest absolute Gasteiger partial charge is 0.335 e. The number of carbonyl (C=O) groups excluding carboxylic acids is 1. The highest BCUT2D eigenvalue weighted by atomic mass is 16.4.